The van der Waals surface area contributed by atoms with Crippen LogP contribution < -0.4 is 0 Å². The molecule has 0 amide bonds. The molecule has 2 aliphatic heterocycles. The average molecular weight is 673 g/mol. The molecule has 8 nitrogen and oxygen atoms in total. The summed E-state index contributed by atoms with van der Waals surface area (Å²) in [7, 11) is 0. The standard InChI is InChI=1S/C41H52O8/c1-24-15-18-41(46-23-24)25(2)35-31(49-41)20-30-28-19-34(42)40(45)22-33(48-37(44)27-13-9-6-10-14-27)32(47-36(43)26-11-7-5-8-12-26)21-39(40,4)29(28)16-17-38(30,35)3/h5-14,24-25,28-35,42,45H,15-23H2,1-4H3/t24-,25+,28-,29-,30+,31+,32-,33-,34-,35+,38+,39-,40+,41-/m1/s1. The molecule has 2 saturated heterocycles. The van der Waals surface area contributed by atoms with Crippen molar-refractivity contribution in [2.45, 2.75) is 115 Å². The summed E-state index contributed by atoms with van der Waals surface area (Å²) in [6.45, 7) is 9.85. The zero-order valence-electron chi connectivity index (χ0n) is 29.3. The van der Waals surface area contributed by atoms with E-state index in [1.165, 1.54) is 0 Å². The molecule has 6 aliphatic rings. The van der Waals surface area contributed by atoms with E-state index in [9.17, 15) is 19.8 Å². The van der Waals surface area contributed by atoms with Crippen molar-refractivity contribution < 1.29 is 38.7 Å². The highest BCUT2D eigenvalue weighted by atomic mass is 16.7. The van der Waals surface area contributed by atoms with Crippen molar-refractivity contribution in [2.24, 2.45) is 46.3 Å². The molecule has 2 aromatic carbocycles. The molecule has 2 N–H and O–H groups in total. The van der Waals surface area contributed by atoms with Crippen LogP contribution in [0.5, 0.6) is 0 Å². The number of esters is 2. The molecule has 2 aromatic rings. The lowest BCUT2D eigenvalue weighted by atomic mass is 9.42. The highest BCUT2D eigenvalue weighted by Crippen LogP contribution is 2.72. The van der Waals surface area contributed by atoms with E-state index in [1.54, 1.807) is 48.5 Å². The Morgan fingerprint density at radius 2 is 1.43 bits per heavy atom. The van der Waals surface area contributed by atoms with Crippen molar-refractivity contribution >= 4 is 11.9 Å². The van der Waals surface area contributed by atoms with Gasteiger partial charge in [-0.25, -0.2) is 9.59 Å². The summed E-state index contributed by atoms with van der Waals surface area (Å²) in [5, 5.41) is 24.7. The molecular weight excluding hydrogens is 620 g/mol. The fourth-order valence-electron chi connectivity index (χ4n) is 12.1. The quantitative estimate of drug-likeness (QED) is 0.351. The highest BCUT2D eigenvalue weighted by Gasteiger charge is 2.73. The SMILES string of the molecule is C[C@@H]1CC[C@@]2(OC1)O[C@H]1C[C@H]3[C@@H]4C[C@@H](O)[C@@]5(O)C[C@@H](OC(=O)c6ccccc6)[C@H](OC(=O)c6ccccc6)C[C@]5(C)[C@@H]4CC[C@]3(C)[C@H]1[C@@H]2C. The average Bonchev–Trinajstić information content (AvgIpc) is 3.54. The van der Waals surface area contributed by atoms with Gasteiger partial charge in [-0.15, -0.1) is 0 Å². The molecule has 0 bridgehead atoms. The number of hydrogen-bond donors (Lipinski definition) is 2. The van der Waals surface area contributed by atoms with Gasteiger partial charge in [0.05, 0.1) is 35.5 Å². The summed E-state index contributed by atoms with van der Waals surface area (Å²) in [5.74, 6) is 0.296. The molecule has 6 fully saturated rings. The number of ether oxygens (including phenoxy) is 4. The smallest absolute Gasteiger partial charge is 0.338 e. The molecule has 4 saturated carbocycles. The second-order valence-electron chi connectivity index (χ2n) is 17.0. The molecule has 0 aromatic heterocycles. The Balaban J connectivity index is 1.08. The van der Waals surface area contributed by atoms with Crippen molar-refractivity contribution in [1.82, 2.24) is 0 Å². The molecule has 264 valence electrons. The van der Waals surface area contributed by atoms with E-state index in [0.717, 1.165) is 38.7 Å². The van der Waals surface area contributed by atoms with Gasteiger partial charge < -0.3 is 29.2 Å². The fraction of sp³-hybridized carbons (Fsp3) is 0.659. The van der Waals surface area contributed by atoms with Gasteiger partial charge in [-0.2, -0.15) is 0 Å². The van der Waals surface area contributed by atoms with E-state index in [0.29, 0.717) is 35.3 Å². The molecular formula is C41H52O8. The fourth-order valence-corrected chi connectivity index (χ4v) is 12.1. The normalized spacial score (nSPS) is 47.0. The molecule has 4 aliphatic carbocycles. The van der Waals surface area contributed by atoms with Crippen LogP contribution >= 0.6 is 0 Å². The first-order valence-corrected chi connectivity index (χ1v) is 18.6. The number of hydrogen-bond acceptors (Lipinski definition) is 8. The summed E-state index contributed by atoms with van der Waals surface area (Å²) in [6, 6.07) is 17.5. The van der Waals surface area contributed by atoms with Crippen molar-refractivity contribution in [3.63, 3.8) is 0 Å². The zero-order chi connectivity index (χ0) is 34.3. The summed E-state index contributed by atoms with van der Waals surface area (Å²) in [4.78, 5) is 26.8. The molecule has 1 spiro atoms. The first-order chi connectivity index (χ1) is 23.4. The predicted octanol–water partition coefficient (Wildman–Crippen LogP) is 6.58. The van der Waals surface area contributed by atoms with Gasteiger partial charge in [0.15, 0.2) is 5.79 Å². The highest BCUT2D eigenvalue weighted by molar-refractivity contribution is 5.90. The van der Waals surface area contributed by atoms with Crippen molar-refractivity contribution in [3.8, 4) is 0 Å². The van der Waals surface area contributed by atoms with E-state index < -0.39 is 47.1 Å². The molecule has 14 atom stereocenters. The zero-order valence-corrected chi connectivity index (χ0v) is 29.3. The Kier molecular flexibility index (Phi) is 8.10. The van der Waals surface area contributed by atoms with Gasteiger partial charge in [0.25, 0.3) is 0 Å². The number of carbonyl (C=O) groups is 2. The van der Waals surface area contributed by atoms with Crippen LogP contribution in [0.1, 0.15) is 99.8 Å². The van der Waals surface area contributed by atoms with Gasteiger partial charge in [-0.1, -0.05) is 64.1 Å². The Bertz CT molecular complexity index is 1560. The maximum absolute atomic E-state index is 13.5. The molecule has 8 heteroatoms. The van der Waals surface area contributed by atoms with E-state index in [1.807, 2.05) is 12.1 Å². The van der Waals surface area contributed by atoms with Crippen LogP contribution in [-0.4, -0.2) is 64.6 Å². The number of carbonyl (C=O) groups excluding carboxylic acids is 2. The van der Waals surface area contributed by atoms with Gasteiger partial charge in [0, 0.05) is 24.2 Å². The number of aliphatic hydroxyl groups is 2. The third kappa shape index (κ3) is 5.06. The third-order valence-corrected chi connectivity index (χ3v) is 14.6. The Labute approximate surface area is 289 Å². The maximum Gasteiger partial charge on any atom is 0.338 e. The van der Waals surface area contributed by atoms with Gasteiger partial charge >= 0.3 is 11.9 Å². The van der Waals surface area contributed by atoms with Crippen LogP contribution in [0.3, 0.4) is 0 Å². The van der Waals surface area contributed by atoms with Gasteiger partial charge in [0.2, 0.25) is 0 Å². The van der Waals surface area contributed by atoms with E-state index in [4.69, 9.17) is 18.9 Å². The lowest BCUT2D eigenvalue weighted by Crippen LogP contribution is -2.71. The van der Waals surface area contributed by atoms with Crippen LogP contribution in [-0.2, 0) is 18.9 Å². The topological polar surface area (TPSA) is 112 Å². The summed E-state index contributed by atoms with van der Waals surface area (Å²) in [6.07, 6.45) is 3.05. The minimum atomic E-state index is -1.52. The Hall–Kier alpha value is -2.78. The minimum absolute atomic E-state index is 0.00912. The maximum atomic E-state index is 13.5. The number of benzene rings is 2. The minimum Gasteiger partial charge on any atom is -0.455 e. The first-order valence-electron chi connectivity index (χ1n) is 18.6. The van der Waals surface area contributed by atoms with Crippen molar-refractivity contribution in [2.75, 3.05) is 6.61 Å². The Morgan fingerprint density at radius 1 is 0.816 bits per heavy atom. The second-order valence-corrected chi connectivity index (χ2v) is 17.0. The van der Waals surface area contributed by atoms with E-state index in [-0.39, 0.29) is 42.1 Å². The van der Waals surface area contributed by atoms with Crippen LogP contribution in [0.4, 0.5) is 0 Å². The van der Waals surface area contributed by atoms with Crippen LogP contribution in [0.15, 0.2) is 60.7 Å². The monoisotopic (exact) mass is 672 g/mol. The first kappa shape index (κ1) is 33.4. The number of fused-ring (bicyclic) bond motifs is 7. The largest absolute Gasteiger partial charge is 0.455 e. The second kappa shape index (κ2) is 11.9. The third-order valence-electron chi connectivity index (χ3n) is 14.6. The Morgan fingerprint density at radius 3 is 2.02 bits per heavy atom. The van der Waals surface area contributed by atoms with Crippen LogP contribution in [0.25, 0.3) is 0 Å². The number of aliphatic hydroxyl groups excluding tert-OH is 1. The summed E-state index contributed by atoms with van der Waals surface area (Å²) >= 11 is 0. The molecule has 0 unspecified atom stereocenters. The van der Waals surface area contributed by atoms with Crippen LogP contribution in [0, 0.1) is 46.3 Å². The van der Waals surface area contributed by atoms with Crippen LogP contribution in [0.2, 0.25) is 0 Å². The van der Waals surface area contributed by atoms with Crippen molar-refractivity contribution in [3.05, 3.63) is 71.8 Å². The van der Waals surface area contributed by atoms with Gasteiger partial charge in [-0.05, 0) is 97.8 Å². The molecule has 49 heavy (non-hydrogen) atoms. The molecule has 2 heterocycles. The lowest BCUT2D eigenvalue weighted by molar-refractivity contribution is -0.286. The number of rotatable bonds is 4. The van der Waals surface area contributed by atoms with Gasteiger partial charge in [-0.3, -0.25) is 0 Å². The summed E-state index contributed by atoms with van der Waals surface area (Å²) < 4.78 is 25.7. The van der Waals surface area contributed by atoms with E-state index >= 15 is 0 Å². The molecule has 0 radical (unpaired) electrons. The van der Waals surface area contributed by atoms with E-state index in [2.05, 4.69) is 27.7 Å². The predicted molar refractivity (Wildman–Crippen MR) is 181 cm³/mol. The molecule has 8 rings (SSSR count). The summed E-state index contributed by atoms with van der Waals surface area (Å²) in [5.41, 5.74) is -1.47. The van der Waals surface area contributed by atoms with Crippen molar-refractivity contribution in [1.29, 1.82) is 0 Å². The lowest BCUT2D eigenvalue weighted by Gasteiger charge is -2.66. The van der Waals surface area contributed by atoms with Gasteiger partial charge in [0.1, 0.15) is 12.2 Å².